The van der Waals surface area contributed by atoms with Crippen LogP contribution >= 0.6 is 0 Å². The molecule has 0 spiro atoms. The quantitative estimate of drug-likeness (QED) is 0.947. The lowest BCUT2D eigenvalue weighted by atomic mass is 9.83. The van der Waals surface area contributed by atoms with Crippen LogP contribution in [0.2, 0.25) is 0 Å². The van der Waals surface area contributed by atoms with E-state index in [1.165, 1.54) is 5.56 Å². The molecule has 0 aliphatic carbocycles. The second-order valence-corrected chi connectivity index (χ2v) is 6.88. The largest absolute Gasteiger partial charge is 0.340 e. The van der Waals surface area contributed by atoms with E-state index in [9.17, 15) is 4.79 Å². The van der Waals surface area contributed by atoms with Crippen molar-refractivity contribution in [3.8, 4) is 0 Å². The topological polar surface area (TPSA) is 46.3 Å². The van der Waals surface area contributed by atoms with Gasteiger partial charge in [0, 0.05) is 25.0 Å². The van der Waals surface area contributed by atoms with E-state index in [4.69, 9.17) is 5.73 Å². The molecule has 1 aliphatic rings. The zero-order chi connectivity index (χ0) is 16.4. The Kier molecular flexibility index (Phi) is 4.22. The Bertz CT molecular complexity index is 667. The molecule has 23 heavy (non-hydrogen) atoms. The number of nitrogens with two attached hydrogens (primary N) is 1. The van der Waals surface area contributed by atoms with Crippen LogP contribution < -0.4 is 5.73 Å². The molecule has 2 aromatic carbocycles. The average molecular weight is 308 g/mol. The molecule has 3 heteroatoms. The Morgan fingerprint density at radius 2 is 1.57 bits per heavy atom. The van der Waals surface area contributed by atoms with E-state index < -0.39 is 5.41 Å². The maximum Gasteiger partial charge on any atom is 0.232 e. The van der Waals surface area contributed by atoms with E-state index in [2.05, 4.69) is 12.1 Å². The first-order chi connectivity index (χ1) is 11.0. The predicted molar refractivity (Wildman–Crippen MR) is 93.2 cm³/mol. The van der Waals surface area contributed by atoms with Crippen molar-refractivity contribution in [3.63, 3.8) is 0 Å². The van der Waals surface area contributed by atoms with Gasteiger partial charge in [0.15, 0.2) is 0 Å². The van der Waals surface area contributed by atoms with Gasteiger partial charge < -0.3 is 10.6 Å². The third-order valence-electron chi connectivity index (χ3n) is 4.91. The molecule has 1 fully saturated rings. The van der Waals surface area contributed by atoms with Crippen molar-refractivity contribution in [1.82, 2.24) is 4.90 Å². The number of hydrogen-bond donors (Lipinski definition) is 1. The Labute approximate surface area is 138 Å². The van der Waals surface area contributed by atoms with E-state index in [1.54, 1.807) is 0 Å². The lowest BCUT2D eigenvalue weighted by Crippen LogP contribution is -2.43. The fourth-order valence-electron chi connectivity index (χ4n) is 3.42. The normalized spacial score (nSPS) is 21.4. The highest BCUT2D eigenvalue weighted by atomic mass is 16.2. The molecule has 2 atom stereocenters. The molecule has 0 bridgehead atoms. The summed E-state index contributed by atoms with van der Waals surface area (Å²) >= 11 is 0. The predicted octanol–water partition coefficient (Wildman–Crippen LogP) is 2.92. The lowest BCUT2D eigenvalue weighted by molar-refractivity contribution is -0.135. The van der Waals surface area contributed by atoms with Crippen molar-refractivity contribution in [1.29, 1.82) is 0 Å². The van der Waals surface area contributed by atoms with Gasteiger partial charge in [0.05, 0.1) is 5.41 Å². The number of nitrogens with zero attached hydrogens (tertiary/aromatic N) is 1. The molecule has 0 radical (unpaired) electrons. The summed E-state index contributed by atoms with van der Waals surface area (Å²) in [5.74, 6) is 0.365. The summed E-state index contributed by atoms with van der Waals surface area (Å²) in [5, 5.41) is 0. The van der Waals surface area contributed by atoms with Crippen LogP contribution in [0.4, 0.5) is 0 Å². The highest BCUT2D eigenvalue weighted by Crippen LogP contribution is 2.31. The molecule has 3 nitrogen and oxygen atoms in total. The number of likely N-dealkylation sites (tertiary alicyclic amines) is 1. The Morgan fingerprint density at radius 3 is 2.17 bits per heavy atom. The molecular formula is C20H24N2O. The monoisotopic (exact) mass is 308 g/mol. The van der Waals surface area contributed by atoms with Crippen LogP contribution in [-0.2, 0) is 10.2 Å². The van der Waals surface area contributed by atoms with E-state index in [-0.39, 0.29) is 17.9 Å². The molecule has 2 aromatic rings. The van der Waals surface area contributed by atoms with Gasteiger partial charge in [-0.2, -0.15) is 0 Å². The van der Waals surface area contributed by atoms with Crippen molar-refractivity contribution in [2.24, 2.45) is 5.73 Å². The van der Waals surface area contributed by atoms with E-state index >= 15 is 0 Å². The van der Waals surface area contributed by atoms with Gasteiger partial charge in [-0.15, -0.1) is 0 Å². The third kappa shape index (κ3) is 3.02. The maximum atomic E-state index is 13.1. The zero-order valence-electron chi connectivity index (χ0n) is 13.8. The zero-order valence-corrected chi connectivity index (χ0v) is 13.8. The molecule has 1 heterocycles. The van der Waals surface area contributed by atoms with Crippen LogP contribution in [0.1, 0.15) is 30.9 Å². The number of rotatable bonds is 3. The van der Waals surface area contributed by atoms with Crippen molar-refractivity contribution in [2.75, 3.05) is 13.1 Å². The van der Waals surface area contributed by atoms with Gasteiger partial charge >= 0.3 is 0 Å². The molecule has 0 unspecified atom stereocenters. The summed E-state index contributed by atoms with van der Waals surface area (Å²) in [6.45, 7) is 5.30. The van der Waals surface area contributed by atoms with Crippen LogP contribution in [-0.4, -0.2) is 29.9 Å². The van der Waals surface area contributed by atoms with E-state index in [1.807, 2.05) is 67.3 Å². The van der Waals surface area contributed by atoms with Gasteiger partial charge in [-0.25, -0.2) is 0 Å². The molecule has 1 aliphatic heterocycles. The first-order valence-corrected chi connectivity index (χ1v) is 8.15. The minimum Gasteiger partial charge on any atom is -0.340 e. The number of hydrogen-bond acceptors (Lipinski definition) is 2. The SMILES string of the molecule is CC(C)(C(=O)N1C[C@@H](N)[C@H](c2ccccc2)C1)c1ccccc1. The first-order valence-electron chi connectivity index (χ1n) is 8.15. The fourth-order valence-corrected chi connectivity index (χ4v) is 3.42. The Hall–Kier alpha value is -2.13. The third-order valence-corrected chi connectivity index (χ3v) is 4.91. The van der Waals surface area contributed by atoms with Crippen LogP contribution in [0.3, 0.4) is 0 Å². The number of amides is 1. The lowest BCUT2D eigenvalue weighted by Gasteiger charge is -2.29. The van der Waals surface area contributed by atoms with Crippen molar-refractivity contribution < 1.29 is 4.79 Å². The molecule has 1 amide bonds. The van der Waals surface area contributed by atoms with Crippen molar-refractivity contribution in [2.45, 2.75) is 31.2 Å². The fraction of sp³-hybridized carbons (Fsp3) is 0.350. The Morgan fingerprint density at radius 1 is 1.00 bits per heavy atom. The van der Waals surface area contributed by atoms with Gasteiger partial charge in [-0.3, -0.25) is 4.79 Å². The van der Waals surface area contributed by atoms with Crippen molar-refractivity contribution >= 4 is 5.91 Å². The van der Waals surface area contributed by atoms with E-state index in [0.717, 1.165) is 5.56 Å². The highest BCUT2D eigenvalue weighted by Gasteiger charge is 2.40. The molecule has 1 saturated heterocycles. The summed E-state index contributed by atoms with van der Waals surface area (Å²) in [4.78, 5) is 15.0. The number of carbonyl (C=O) groups excluding carboxylic acids is 1. The van der Waals surface area contributed by atoms with Gasteiger partial charge in [0.2, 0.25) is 5.91 Å². The second kappa shape index (κ2) is 6.17. The minimum atomic E-state index is -0.535. The second-order valence-electron chi connectivity index (χ2n) is 6.88. The molecule has 0 saturated carbocycles. The van der Waals surface area contributed by atoms with Gasteiger partial charge in [0.1, 0.15) is 0 Å². The standard InChI is InChI=1S/C20H24N2O/c1-20(2,16-11-7-4-8-12-16)19(23)22-13-17(18(21)14-22)15-9-5-3-6-10-15/h3-12,17-18H,13-14,21H2,1-2H3/t17-,18+/m0/s1. The van der Waals surface area contributed by atoms with Gasteiger partial charge in [0.25, 0.3) is 0 Å². The summed E-state index contributed by atoms with van der Waals surface area (Å²) in [7, 11) is 0. The smallest absolute Gasteiger partial charge is 0.232 e. The number of carbonyl (C=O) groups is 1. The summed E-state index contributed by atoms with van der Waals surface area (Å²) < 4.78 is 0. The van der Waals surface area contributed by atoms with E-state index in [0.29, 0.717) is 13.1 Å². The molecule has 3 rings (SSSR count). The summed E-state index contributed by atoms with van der Waals surface area (Å²) in [6, 6.07) is 20.2. The maximum absolute atomic E-state index is 13.1. The molecule has 120 valence electrons. The summed E-state index contributed by atoms with van der Waals surface area (Å²) in [5.41, 5.74) is 8.05. The van der Waals surface area contributed by atoms with Gasteiger partial charge in [-0.1, -0.05) is 60.7 Å². The number of benzene rings is 2. The molecular weight excluding hydrogens is 284 g/mol. The van der Waals surface area contributed by atoms with Crippen molar-refractivity contribution in [3.05, 3.63) is 71.8 Å². The Balaban J connectivity index is 1.79. The molecule has 0 aromatic heterocycles. The van der Waals surface area contributed by atoms with Crippen LogP contribution in [0, 0.1) is 0 Å². The van der Waals surface area contributed by atoms with Crippen LogP contribution in [0.5, 0.6) is 0 Å². The summed E-state index contributed by atoms with van der Waals surface area (Å²) in [6.07, 6.45) is 0. The first kappa shape index (κ1) is 15.8. The minimum absolute atomic E-state index is 0.00655. The highest BCUT2D eigenvalue weighted by molar-refractivity contribution is 5.87. The average Bonchev–Trinajstić information content (AvgIpc) is 2.97. The van der Waals surface area contributed by atoms with Crippen LogP contribution in [0.25, 0.3) is 0 Å². The van der Waals surface area contributed by atoms with Crippen LogP contribution in [0.15, 0.2) is 60.7 Å². The molecule has 2 N–H and O–H groups in total. The van der Waals surface area contributed by atoms with Gasteiger partial charge in [-0.05, 0) is 25.0 Å².